The lowest BCUT2D eigenvalue weighted by Crippen LogP contribution is -2.22. The lowest BCUT2D eigenvalue weighted by atomic mass is 9.90. The van der Waals surface area contributed by atoms with Gasteiger partial charge in [-0.05, 0) is 38.3 Å². The molecule has 10 heteroatoms. The van der Waals surface area contributed by atoms with Crippen LogP contribution in [0.4, 0.5) is 13.2 Å². The number of pyridine rings is 1. The summed E-state index contributed by atoms with van der Waals surface area (Å²) in [5, 5.41) is 0. The molecule has 2 atom stereocenters. The Morgan fingerprint density at radius 1 is 1.12 bits per heavy atom. The van der Waals surface area contributed by atoms with Gasteiger partial charge in [-0.25, -0.2) is 19.9 Å². The van der Waals surface area contributed by atoms with Gasteiger partial charge in [-0.2, -0.15) is 13.2 Å². The van der Waals surface area contributed by atoms with Crippen LogP contribution in [0.3, 0.4) is 0 Å². The highest BCUT2D eigenvalue weighted by Gasteiger charge is 2.39. The standard InChI is InChI=1S/C23H20F3N5O2/c1-11-12(2)29-22-20(28-11)19(15-7-16(8-15)23(24,25)26)30-21(31-22)13-5-6-33-17(9-13)14-3-4-18(32)27-10-14/h3-4,10,13,17H,5-7,9H2,1-2H3,(H,27,32)/t13-,17+/m0/s1. The summed E-state index contributed by atoms with van der Waals surface area (Å²) in [5.74, 6) is 0.413. The topological polar surface area (TPSA) is 93.7 Å². The summed E-state index contributed by atoms with van der Waals surface area (Å²) in [4.78, 5) is 32.4. The number of ether oxygens (including phenoxy) is 1. The third kappa shape index (κ3) is 4.07. The molecule has 5 rings (SSSR count). The van der Waals surface area contributed by atoms with Crippen LogP contribution in [0.25, 0.3) is 16.7 Å². The number of rotatable bonds is 3. The van der Waals surface area contributed by atoms with E-state index >= 15 is 0 Å². The lowest BCUT2D eigenvalue weighted by molar-refractivity contribution is -0.0934. The van der Waals surface area contributed by atoms with E-state index in [0.717, 1.165) is 5.56 Å². The number of H-pyrrole nitrogens is 1. The van der Waals surface area contributed by atoms with Crippen LogP contribution < -0.4 is 5.56 Å². The Morgan fingerprint density at radius 3 is 2.58 bits per heavy atom. The molecule has 1 fully saturated rings. The van der Waals surface area contributed by atoms with E-state index in [1.54, 1.807) is 19.2 Å². The summed E-state index contributed by atoms with van der Waals surface area (Å²) in [5.41, 5.74) is 5.19. The van der Waals surface area contributed by atoms with Crippen molar-refractivity contribution in [3.05, 3.63) is 68.5 Å². The van der Waals surface area contributed by atoms with Gasteiger partial charge in [0.15, 0.2) is 5.65 Å². The van der Waals surface area contributed by atoms with E-state index in [1.165, 1.54) is 6.07 Å². The molecule has 170 valence electrons. The van der Waals surface area contributed by atoms with Crippen LogP contribution in [0.15, 0.2) is 34.4 Å². The predicted molar refractivity (Wildman–Crippen MR) is 113 cm³/mol. The van der Waals surface area contributed by atoms with Crippen molar-refractivity contribution in [3.8, 4) is 0 Å². The third-order valence-electron chi connectivity index (χ3n) is 6.07. The fourth-order valence-corrected chi connectivity index (χ4v) is 4.06. The zero-order chi connectivity index (χ0) is 23.3. The molecule has 3 aromatic heterocycles. The van der Waals surface area contributed by atoms with Crippen molar-refractivity contribution in [2.24, 2.45) is 0 Å². The number of aromatic nitrogens is 5. The minimum Gasteiger partial charge on any atom is -0.373 e. The molecule has 0 spiro atoms. The Morgan fingerprint density at radius 2 is 1.88 bits per heavy atom. The average molecular weight is 455 g/mol. The Balaban J connectivity index is 1.57. The molecule has 0 radical (unpaired) electrons. The fourth-order valence-electron chi connectivity index (χ4n) is 4.06. The molecule has 0 saturated carbocycles. The quantitative estimate of drug-likeness (QED) is 0.594. The minimum atomic E-state index is -4.40. The summed E-state index contributed by atoms with van der Waals surface area (Å²) in [6.07, 6.45) is -2.07. The maximum Gasteiger partial charge on any atom is 0.420 e. The molecule has 0 amide bonds. The molecular formula is C23H20F3N5O2. The Bertz CT molecular complexity index is 1370. The van der Waals surface area contributed by atoms with Crippen LogP contribution in [0.1, 0.15) is 59.8 Å². The molecule has 7 nitrogen and oxygen atoms in total. The predicted octanol–water partition coefficient (Wildman–Crippen LogP) is 4.23. The molecule has 4 heterocycles. The first kappa shape index (κ1) is 21.5. The maximum absolute atomic E-state index is 13.0. The van der Waals surface area contributed by atoms with E-state index in [-0.39, 0.29) is 24.0 Å². The summed E-state index contributed by atoms with van der Waals surface area (Å²) < 4.78 is 44.9. The Hall–Kier alpha value is -3.36. The van der Waals surface area contributed by atoms with E-state index in [0.29, 0.717) is 59.1 Å². The number of nitrogens with one attached hydrogen (secondary N) is 1. The monoisotopic (exact) mass is 455 g/mol. The van der Waals surface area contributed by atoms with Gasteiger partial charge in [0, 0.05) is 36.8 Å². The highest BCUT2D eigenvalue weighted by atomic mass is 19.4. The largest absolute Gasteiger partial charge is 0.420 e. The second kappa shape index (κ2) is 7.90. The molecule has 0 aromatic carbocycles. The van der Waals surface area contributed by atoms with E-state index in [4.69, 9.17) is 4.74 Å². The van der Waals surface area contributed by atoms with Gasteiger partial charge in [0.1, 0.15) is 17.0 Å². The van der Waals surface area contributed by atoms with Gasteiger partial charge in [-0.15, -0.1) is 5.73 Å². The van der Waals surface area contributed by atoms with E-state index in [1.807, 2.05) is 6.92 Å². The van der Waals surface area contributed by atoms with Crippen molar-refractivity contribution in [3.63, 3.8) is 0 Å². The van der Waals surface area contributed by atoms with Gasteiger partial charge in [0.25, 0.3) is 0 Å². The van der Waals surface area contributed by atoms with Crippen LogP contribution in [0, 0.1) is 13.8 Å². The van der Waals surface area contributed by atoms with Crippen molar-refractivity contribution in [1.82, 2.24) is 24.9 Å². The number of allylic oxidation sites excluding steroid dienone is 1. The lowest BCUT2D eigenvalue weighted by Gasteiger charge is -2.29. The first-order valence-corrected chi connectivity index (χ1v) is 10.6. The number of nitrogens with zero attached hydrogens (tertiary/aromatic N) is 4. The molecule has 33 heavy (non-hydrogen) atoms. The molecule has 0 unspecified atom stereocenters. The van der Waals surface area contributed by atoms with E-state index in [9.17, 15) is 18.0 Å². The number of halogens is 3. The van der Waals surface area contributed by atoms with Gasteiger partial charge in [0.05, 0.1) is 23.1 Å². The Kier molecular flexibility index (Phi) is 5.14. The van der Waals surface area contributed by atoms with Crippen molar-refractivity contribution >= 4 is 16.7 Å². The summed E-state index contributed by atoms with van der Waals surface area (Å²) >= 11 is 0. The van der Waals surface area contributed by atoms with Gasteiger partial charge >= 0.3 is 6.18 Å². The van der Waals surface area contributed by atoms with Crippen molar-refractivity contribution < 1.29 is 17.9 Å². The number of aryl methyl sites for hydroxylation is 2. The highest BCUT2D eigenvalue weighted by molar-refractivity contribution is 5.87. The van der Waals surface area contributed by atoms with Gasteiger partial charge in [-0.3, -0.25) is 4.79 Å². The van der Waals surface area contributed by atoms with Crippen LogP contribution in [-0.4, -0.2) is 37.7 Å². The van der Waals surface area contributed by atoms with Crippen LogP contribution >= 0.6 is 0 Å². The van der Waals surface area contributed by atoms with E-state index in [2.05, 4.69) is 30.7 Å². The minimum absolute atomic E-state index is 0.0889. The zero-order valence-corrected chi connectivity index (χ0v) is 18.0. The van der Waals surface area contributed by atoms with Gasteiger partial charge < -0.3 is 9.72 Å². The second-order valence-corrected chi connectivity index (χ2v) is 8.32. The Labute approximate surface area is 186 Å². The number of alkyl halides is 3. The first-order chi connectivity index (χ1) is 15.7. The molecule has 1 N–H and O–H groups in total. The number of hydrogen-bond acceptors (Lipinski definition) is 6. The zero-order valence-electron chi connectivity index (χ0n) is 18.0. The van der Waals surface area contributed by atoms with Crippen molar-refractivity contribution in [1.29, 1.82) is 0 Å². The normalized spacial score (nSPS) is 20.9. The van der Waals surface area contributed by atoms with Gasteiger partial charge in [0.2, 0.25) is 5.56 Å². The summed E-state index contributed by atoms with van der Waals surface area (Å²) in [6, 6.07) is 3.17. The van der Waals surface area contributed by atoms with E-state index < -0.39 is 11.7 Å². The fraction of sp³-hybridized carbons (Fsp3) is 0.391. The molecule has 1 saturated heterocycles. The van der Waals surface area contributed by atoms with Gasteiger partial charge in [-0.1, -0.05) is 0 Å². The first-order valence-electron chi connectivity index (χ1n) is 10.6. The van der Waals surface area contributed by atoms with Crippen LogP contribution in [0.5, 0.6) is 0 Å². The summed E-state index contributed by atoms with van der Waals surface area (Å²) in [7, 11) is 0. The molecule has 2 aliphatic rings. The summed E-state index contributed by atoms with van der Waals surface area (Å²) in [6.45, 7) is 4.07. The number of aromatic amines is 1. The molecule has 1 aliphatic heterocycles. The molecule has 1 aliphatic carbocycles. The van der Waals surface area contributed by atoms with Crippen molar-refractivity contribution in [2.45, 2.75) is 51.3 Å². The average Bonchev–Trinajstić information content (AvgIpc) is 2.73. The number of fused-ring (bicyclic) bond motifs is 1. The SMILES string of the molecule is Cc1nc2nc([C@H]3CCO[C@@H](c4ccc(=O)[nH]c4)C3)nc(C3=C=C(C(F)(F)F)C3)c2nc1C. The van der Waals surface area contributed by atoms with Crippen LogP contribution in [0.2, 0.25) is 0 Å². The molecule has 0 bridgehead atoms. The van der Waals surface area contributed by atoms with Crippen molar-refractivity contribution in [2.75, 3.05) is 6.61 Å². The maximum atomic E-state index is 13.0. The van der Waals surface area contributed by atoms with Crippen LogP contribution in [-0.2, 0) is 4.74 Å². The smallest absolute Gasteiger partial charge is 0.373 e. The third-order valence-corrected chi connectivity index (χ3v) is 6.07. The highest BCUT2D eigenvalue weighted by Crippen LogP contribution is 2.41. The molecular weight excluding hydrogens is 435 g/mol. The second-order valence-electron chi connectivity index (χ2n) is 8.32. The number of hydrogen-bond donors (Lipinski definition) is 1. The molecule has 3 aromatic rings.